The molecule has 0 aliphatic carbocycles. The van der Waals surface area contributed by atoms with Crippen LogP contribution in [0.25, 0.3) is 10.9 Å². The molecule has 2 aromatic carbocycles. The van der Waals surface area contributed by atoms with Gasteiger partial charge in [0.2, 0.25) is 11.9 Å². The number of aromatic nitrogens is 3. The zero-order valence-electron chi connectivity index (χ0n) is 20.7. The second kappa shape index (κ2) is 9.57. The molecule has 2 aromatic heterocycles. The molecule has 0 radical (unpaired) electrons. The Morgan fingerprint density at radius 3 is 2.68 bits per heavy atom. The van der Waals surface area contributed by atoms with Gasteiger partial charge in [0.25, 0.3) is 5.91 Å². The first-order valence-corrected chi connectivity index (χ1v) is 12.6. The van der Waals surface area contributed by atoms with Gasteiger partial charge in [0, 0.05) is 62.9 Å². The molecule has 2 N–H and O–H groups in total. The summed E-state index contributed by atoms with van der Waals surface area (Å²) in [6, 6.07) is 17.9. The van der Waals surface area contributed by atoms with Crippen LogP contribution in [0.5, 0.6) is 0 Å². The lowest BCUT2D eigenvalue weighted by atomic mass is 9.96. The number of carbonyl (C=O) groups is 2. The summed E-state index contributed by atoms with van der Waals surface area (Å²) in [6.45, 7) is 2.22. The molecule has 2 aliphatic rings. The van der Waals surface area contributed by atoms with Crippen LogP contribution in [-0.4, -0.2) is 57.9 Å². The predicted octanol–water partition coefficient (Wildman–Crippen LogP) is 3.20. The van der Waals surface area contributed by atoms with Crippen molar-refractivity contribution in [2.75, 3.05) is 36.9 Å². The van der Waals surface area contributed by atoms with E-state index in [1.807, 2.05) is 35.2 Å². The quantitative estimate of drug-likeness (QED) is 0.383. The summed E-state index contributed by atoms with van der Waals surface area (Å²) in [5.41, 5.74) is 5.15. The van der Waals surface area contributed by atoms with Crippen LogP contribution >= 0.6 is 0 Å². The van der Waals surface area contributed by atoms with Gasteiger partial charge in [-0.1, -0.05) is 30.3 Å². The van der Waals surface area contributed by atoms with E-state index in [-0.39, 0.29) is 18.0 Å². The number of fused-ring (bicyclic) bond motifs is 6. The van der Waals surface area contributed by atoms with Gasteiger partial charge in [0.05, 0.1) is 16.9 Å². The van der Waals surface area contributed by atoms with E-state index < -0.39 is 0 Å². The summed E-state index contributed by atoms with van der Waals surface area (Å²) >= 11 is 0. The SMILES string of the molecule is CN1c2ccccc2C(=O)N2CCc3c(n(CCC(=O)NCCNc4ncccn4)c4ccccc34)C21. The van der Waals surface area contributed by atoms with Gasteiger partial charge in [-0.05, 0) is 36.2 Å². The third-order valence-electron chi connectivity index (χ3n) is 7.26. The van der Waals surface area contributed by atoms with Gasteiger partial charge in [0.15, 0.2) is 0 Å². The number of hydrogen-bond donors (Lipinski definition) is 2. The van der Waals surface area contributed by atoms with E-state index in [9.17, 15) is 9.59 Å². The molecule has 9 nitrogen and oxygen atoms in total. The molecule has 2 aliphatic heterocycles. The molecule has 9 heteroatoms. The van der Waals surface area contributed by atoms with Crippen molar-refractivity contribution in [2.24, 2.45) is 0 Å². The molecule has 0 fully saturated rings. The van der Waals surface area contributed by atoms with Crippen molar-refractivity contribution in [1.29, 1.82) is 0 Å². The minimum Gasteiger partial charge on any atom is -0.354 e. The fourth-order valence-corrected chi connectivity index (χ4v) is 5.62. The van der Waals surface area contributed by atoms with Crippen LogP contribution in [-0.2, 0) is 17.8 Å². The van der Waals surface area contributed by atoms with Crippen LogP contribution in [0.1, 0.15) is 34.2 Å². The number of hydrogen-bond acceptors (Lipinski definition) is 6. The van der Waals surface area contributed by atoms with Crippen molar-refractivity contribution < 1.29 is 9.59 Å². The summed E-state index contributed by atoms with van der Waals surface area (Å²) in [6.07, 6.45) is 4.27. The number of carbonyl (C=O) groups excluding carboxylic acids is 2. The van der Waals surface area contributed by atoms with Crippen LogP contribution in [0.15, 0.2) is 67.0 Å². The maximum Gasteiger partial charge on any atom is 0.257 e. The van der Waals surface area contributed by atoms with E-state index in [1.54, 1.807) is 18.5 Å². The van der Waals surface area contributed by atoms with Crippen LogP contribution < -0.4 is 15.5 Å². The Bertz CT molecular complexity index is 1470. The number of anilines is 2. The lowest BCUT2D eigenvalue weighted by Crippen LogP contribution is -2.51. The average Bonchev–Trinajstić information content (AvgIpc) is 3.27. The van der Waals surface area contributed by atoms with Crippen LogP contribution in [0.2, 0.25) is 0 Å². The van der Waals surface area contributed by atoms with Crippen molar-refractivity contribution in [3.8, 4) is 0 Å². The molecule has 4 aromatic rings. The van der Waals surface area contributed by atoms with E-state index in [0.717, 1.165) is 28.9 Å². The number of rotatable bonds is 7. The molecule has 188 valence electrons. The topological polar surface area (TPSA) is 95.4 Å². The van der Waals surface area contributed by atoms with Gasteiger partial charge in [-0.25, -0.2) is 9.97 Å². The first-order chi connectivity index (χ1) is 18.1. The smallest absolute Gasteiger partial charge is 0.257 e. The van der Waals surface area contributed by atoms with Gasteiger partial charge in [-0.3, -0.25) is 9.59 Å². The zero-order chi connectivity index (χ0) is 25.4. The Hall–Kier alpha value is -4.40. The van der Waals surface area contributed by atoms with Gasteiger partial charge in [0.1, 0.15) is 6.17 Å². The maximum atomic E-state index is 13.5. The molecule has 2 amide bonds. The van der Waals surface area contributed by atoms with E-state index in [0.29, 0.717) is 38.5 Å². The predicted molar refractivity (Wildman–Crippen MR) is 142 cm³/mol. The molecule has 0 saturated heterocycles. The van der Waals surface area contributed by atoms with Gasteiger partial charge in [-0.15, -0.1) is 0 Å². The first-order valence-electron chi connectivity index (χ1n) is 12.6. The minimum absolute atomic E-state index is 0.0200. The highest BCUT2D eigenvalue weighted by atomic mass is 16.2. The lowest BCUT2D eigenvalue weighted by Gasteiger charge is -2.46. The van der Waals surface area contributed by atoms with Crippen molar-refractivity contribution >= 4 is 34.4 Å². The molecule has 6 rings (SSSR count). The molecule has 0 spiro atoms. The summed E-state index contributed by atoms with van der Waals surface area (Å²) < 4.78 is 2.24. The van der Waals surface area contributed by atoms with Crippen molar-refractivity contribution in [1.82, 2.24) is 24.8 Å². The molecular formula is C28H29N7O2. The number of para-hydroxylation sites is 2. The summed E-state index contributed by atoms with van der Waals surface area (Å²) in [5.74, 6) is 0.585. The van der Waals surface area contributed by atoms with Crippen LogP contribution in [0.3, 0.4) is 0 Å². The minimum atomic E-state index is -0.211. The van der Waals surface area contributed by atoms with Gasteiger partial charge < -0.3 is 25.0 Å². The Balaban J connectivity index is 1.24. The number of nitrogens with zero attached hydrogens (tertiary/aromatic N) is 5. The zero-order valence-corrected chi connectivity index (χ0v) is 20.7. The van der Waals surface area contributed by atoms with E-state index in [4.69, 9.17) is 0 Å². The molecule has 37 heavy (non-hydrogen) atoms. The number of aryl methyl sites for hydroxylation is 1. The summed E-state index contributed by atoms with van der Waals surface area (Å²) in [5, 5.41) is 7.28. The normalized spacial score (nSPS) is 16.2. The molecule has 1 unspecified atom stereocenters. The van der Waals surface area contributed by atoms with E-state index in [2.05, 4.69) is 55.3 Å². The number of nitrogens with one attached hydrogen (secondary N) is 2. The van der Waals surface area contributed by atoms with Crippen molar-refractivity contribution in [3.63, 3.8) is 0 Å². The van der Waals surface area contributed by atoms with Crippen LogP contribution in [0.4, 0.5) is 11.6 Å². The van der Waals surface area contributed by atoms with Crippen LogP contribution in [0, 0.1) is 0 Å². The fraction of sp³-hybridized carbons (Fsp3) is 0.286. The Labute approximate surface area is 215 Å². The molecule has 0 saturated carbocycles. The third kappa shape index (κ3) is 4.06. The molecule has 1 atom stereocenters. The molecular weight excluding hydrogens is 466 g/mol. The van der Waals surface area contributed by atoms with E-state index >= 15 is 0 Å². The molecule has 0 bridgehead atoms. The average molecular weight is 496 g/mol. The summed E-state index contributed by atoms with van der Waals surface area (Å²) in [4.78, 5) is 38.6. The second-order valence-corrected chi connectivity index (χ2v) is 9.38. The second-order valence-electron chi connectivity index (χ2n) is 9.38. The number of benzene rings is 2. The Morgan fingerprint density at radius 2 is 1.81 bits per heavy atom. The fourth-order valence-electron chi connectivity index (χ4n) is 5.62. The number of amides is 2. The highest BCUT2D eigenvalue weighted by Gasteiger charge is 2.42. The molecule has 4 heterocycles. The van der Waals surface area contributed by atoms with Crippen molar-refractivity contribution in [2.45, 2.75) is 25.6 Å². The third-order valence-corrected chi connectivity index (χ3v) is 7.26. The highest BCUT2D eigenvalue weighted by molar-refractivity contribution is 6.02. The maximum absolute atomic E-state index is 13.5. The summed E-state index contributed by atoms with van der Waals surface area (Å²) in [7, 11) is 2.05. The first kappa shape index (κ1) is 23.0. The monoisotopic (exact) mass is 495 g/mol. The van der Waals surface area contributed by atoms with Gasteiger partial charge >= 0.3 is 0 Å². The highest BCUT2D eigenvalue weighted by Crippen LogP contribution is 2.44. The van der Waals surface area contributed by atoms with Crippen molar-refractivity contribution in [3.05, 3.63) is 83.8 Å². The van der Waals surface area contributed by atoms with E-state index in [1.165, 1.54) is 10.9 Å². The lowest BCUT2D eigenvalue weighted by molar-refractivity contribution is -0.121. The largest absolute Gasteiger partial charge is 0.354 e. The van der Waals surface area contributed by atoms with Gasteiger partial charge in [-0.2, -0.15) is 0 Å². The Kier molecular flexibility index (Phi) is 5.96. The standard InChI is InChI=1S/C28H29N7O2/c1-33-22-9-4-3-8-21(22)27(37)35-17-11-20-19-7-2-5-10-23(19)34(25(20)26(33)35)18-12-24(36)29-15-16-32-28-30-13-6-14-31-28/h2-10,13-14,26H,11-12,15-18H2,1H3,(H,29,36)(H,30,31,32). The Morgan fingerprint density at radius 1 is 1.03 bits per heavy atom.